The predicted octanol–water partition coefficient (Wildman–Crippen LogP) is 2.85. The van der Waals surface area contributed by atoms with Crippen LogP contribution < -0.4 is 5.73 Å². The van der Waals surface area contributed by atoms with Crippen LogP contribution in [0.2, 0.25) is 0 Å². The third-order valence-electron chi connectivity index (χ3n) is 2.86. The van der Waals surface area contributed by atoms with Crippen molar-refractivity contribution < 1.29 is 8.91 Å². The first-order valence-electron chi connectivity index (χ1n) is 5.14. The Morgan fingerprint density at radius 2 is 2.24 bits per heavy atom. The molecule has 0 aliphatic rings. The molecule has 3 rings (SSSR count). The molecule has 3 N–H and O–H groups in total. The SMILES string of the molecule is Cc1c[nH]c2c(F)cc(-c3cnoc3N)cc12. The summed E-state index contributed by atoms with van der Waals surface area (Å²) >= 11 is 0. The van der Waals surface area contributed by atoms with E-state index in [1.807, 2.05) is 13.0 Å². The van der Waals surface area contributed by atoms with E-state index >= 15 is 0 Å². The van der Waals surface area contributed by atoms with Crippen LogP contribution in [0.15, 0.2) is 29.0 Å². The molecule has 0 saturated carbocycles. The molecular formula is C12H10FN3O. The van der Waals surface area contributed by atoms with Crippen molar-refractivity contribution in [1.82, 2.24) is 10.1 Å². The smallest absolute Gasteiger partial charge is 0.229 e. The first-order chi connectivity index (χ1) is 8.16. The van der Waals surface area contributed by atoms with Crippen LogP contribution in [0.1, 0.15) is 5.56 Å². The number of aromatic nitrogens is 2. The minimum Gasteiger partial charge on any atom is -0.367 e. The Labute approximate surface area is 96.2 Å². The highest BCUT2D eigenvalue weighted by molar-refractivity contribution is 5.89. The van der Waals surface area contributed by atoms with Gasteiger partial charge >= 0.3 is 0 Å². The third kappa shape index (κ3) is 1.39. The molecule has 0 fully saturated rings. The van der Waals surface area contributed by atoms with Crippen LogP contribution in [0.5, 0.6) is 0 Å². The summed E-state index contributed by atoms with van der Waals surface area (Å²) in [4.78, 5) is 2.90. The fourth-order valence-electron chi connectivity index (χ4n) is 1.94. The Bertz CT molecular complexity index is 699. The van der Waals surface area contributed by atoms with E-state index in [4.69, 9.17) is 10.3 Å². The molecule has 0 saturated heterocycles. The Kier molecular flexibility index (Phi) is 1.95. The number of nitrogens with two attached hydrogens (primary N) is 1. The van der Waals surface area contributed by atoms with E-state index in [2.05, 4.69) is 10.1 Å². The van der Waals surface area contributed by atoms with E-state index in [-0.39, 0.29) is 11.7 Å². The summed E-state index contributed by atoms with van der Waals surface area (Å²) in [6.45, 7) is 1.92. The Balaban J connectivity index is 2.32. The van der Waals surface area contributed by atoms with Crippen molar-refractivity contribution in [3.05, 3.63) is 35.9 Å². The maximum absolute atomic E-state index is 13.9. The fourth-order valence-corrected chi connectivity index (χ4v) is 1.94. The molecule has 0 atom stereocenters. The summed E-state index contributed by atoms with van der Waals surface area (Å²) in [5.74, 6) is -0.122. The summed E-state index contributed by atoms with van der Waals surface area (Å²) in [7, 11) is 0. The zero-order chi connectivity index (χ0) is 12.0. The first-order valence-corrected chi connectivity index (χ1v) is 5.14. The maximum atomic E-state index is 13.9. The van der Waals surface area contributed by atoms with Crippen molar-refractivity contribution in [1.29, 1.82) is 0 Å². The van der Waals surface area contributed by atoms with Gasteiger partial charge in [-0.3, -0.25) is 0 Å². The molecule has 86 valence electrons. The number of nitrogens with zero attached hydrogens (tertiary/aromatic N) is 1. The zero-order valence-corrected chi connectivity index (χ0v) is 9.12. The molecule has 2 heterocycles. The van der Waals surface area contributed by atoms with Crippen LogP contribution in [0.4, 0.5) is 10.3 Å². The highest BCUT2D eigenvalue weighted by Crippen LogP contribution is 2.31. The van der Waals surface area contributed by atoms with E-state index in [9.17, 15) is 4.39 Å². The molecule has 17 heavy (non-hydrogen) atoms. The van der Waals surface area contributed by atoms with Crippen LogP contribution in [0, 0.1) is 12.7 Å². The van der Waals surface area contributed by atoms with Crippen molar-refractivity contribution in [2.75, 3.05) is 5.73 Å². The van der Waals surface area contributed by atoms with E-state index < -0.39 is 0 Å². The number of nitrogens with one attached hydrogen (secondary N) is 1. The molecule has 0 aliphatic heterocycles. The number of halogens is 1. The second kappa shape index (κ2) is 3.35. The summed E-state index contributed by atoms with van der Waals surface area (Å²) in [5.41, 5.74) is 8.37. The molecule has 3 aromatic rings. The molecule has 1 aromatic carbocycles. The number of aryl methyl sites for hydroxylation is 1. The molecule has 0 spiro atoms. The largest absolute Gasteiger partial charge is 0.367 e. The van der Waals surface area contributed by atoms with Gasteiger partial charge in [0.1, 0.15) is 5.82 Å². The minimum atomic E-state index is -0.314. The van der Waals surface area contributed by atoms with Crippen molar-refractivity contribution in [3.8, 4) is 11.1 Å². The number of benzene rings is 1. The minimum absolute atomic E-state index is 0.192. The Morgan fingerprint density at radius 1 is 1.41 bits per heavy atom. The number of hydrogen-bond acceptors (Lipinski definition) is 3. The summed E-state index contributed by atoms with van der Waals surface area (Å²) in [6, 6.07) is 3.29. The van der Waals surface area contributed by atoms with Gasteiger partial charge < -0.3 is 15.2 Å². The number of aromatic amines is 1. The average molecular weight is 231 g/mol. The number of anilines is 1. The number of H-pyrrole nitrogens is 1. The lowest BCUT2D eigenvalue weighted by atomic mass is 10.0. The molecule has 0 unspecified atom stereocenters. The van der Waals surface area contributed by atoms with Gasteiger partial charge in [0.05, 0.1) is 17.3 Å². The summed E-state index contributed by atoms with van der Waals surface area (Å²) in [5, 5.41) is 4.42. The van der Waals surface area contributed by atoms with Gasteiger partial charge in [0.15, 0.2) is 0 Å². The molecule has 0 aliphatic carbocycles. The lowest BCUT2D eigenvalue weighted by Crippen LogP contribution is -1.87. The molecule has 5 heteroatoms. The zero-order valence-electron chi connectivity index (χ0n) is 9.12. The van der Waals surface area contributed by atoms with Gasteiger partial charge in [-0.15, -0.1) is 0 Å². The van der Waals surface area contributed by atoms with Gasteiger partial charge in [-0.1, -0.05) is 5.16 Å². The van der Waals surface area contributed by atoms with Crippen molar-refractivity contribution in [2.24, 2.45) is 0 Å². The van der Waals surface area contributed by atoms with Crippen molar-refractivity contribution in [3.63, 3.8) is 0 Å². The van der Waals surface area contributed by atoms with E-state index in [1.165, 1.54) is 12.3 Å². The second-order valence-corrected chi connectivity index (χ2v) is 3.96. The van der Waals surface area contributed by atoms with Crippen molar-refractivity contribution >= 4 is 16.8 Å². The highest BCUT2D eigenvalue weighted by Gasteiger charge is 2.12. The van der Waals surface area contributed by atoms with Crippen LogP contribution in [0.25, 0.3) is 22.0 Å². The Hall–Kier alpha value is -2.30. The van der Waals surface area contributed by atoms with Gasteiger partial charge in [0.2, 0.25) is 5.88 Å². The van der Waals surface area contributed by atoms with Crippen LogP contribution in [-0.2, 0) is 0 Å². The van der Waals surface area contributed by atoms with Gasteiger partial charge in [0, 0.05) is 11.6 Å². The molecule has 0 amide bonds. The number of nitrogen functional groups attached to an aromatic ring is 1. The van der Waals surface area contributed by atoms with E-state index in [0.29, 0.717) is 16.6 Å². The number of hydrogen-bond donors (Lipinski definition) is 2. The third-order valence-corrected chi connectivity index (χ3v) is 2.86. The molecule has 0 radical (unpaired) electrons. The molecule has 2 aromatic heterocycles. The fraction of sp³-hybridized carbons (Fsp3) is 0.0833. The quantitative estimate of drug-likeness (QED) is 0.676. The van der Waals surface area contributed by atoms with Gasteiger partial charge in [-0.25, -0.2) is 4.39 Å². The van der Waals surface area contributed by atoms with E-state index in [0.717, 1.165) is 10.9 Å². The van der Waals surface area contributed by atoms with Gasteiger partial charge in [-0.2, -0.15) is 0 Å². The second-order valence-electron chi connectivity index (χ2n) is 3.96. The van der Waals surface area contributed by atoms with Gasteiger partial charge in [0.25, 0.3) is 0 Å². The first kappa shape index (κ1) is 9.89. The molecule has 4 nitrogen and oxygen atoms in total. The lowest BCUT2D eigenvalue weighted by molar-refractivity contribution is 0.436. The van der Waals surface area contributed by atoms with E-state index in [1.54, 1.807) is 6.20 Å². The monoisotopic (exact) mass is 231 g/mol. The topological polar surface area (TPSA) is 67.8 Å². The van der Waals surface area contributed by atoms with Gasteiger partial charge in [-0.05, 0) is 30.2 Å². The Morgan fingerprint density at radius 3 is 2.94 bits per heavy atom. The van der Waals surface area contributed by atoms with Crippen LogP contribution in [-0.4, -0.2) is 10.1 Å². The van der Waals surface area contributed by atoms with Crippen LogP contribution in [0.3, 0.4) is 0 Å². The standard InChI is InChI=1S/C12H10FN3O/c1-6-4-15-11-8(6)2-7(3-10(11)13)9-5-16-17-12(9)14/h2-5,15H,14H2,1H3. The average Bonchev–Trinajstić information content (AvgIpc) is 2.86. The van der Waals surface area contributed by atoms with Crippen molar-refractivity contribution in [2.45, 2.75) is 6.92 Å². The number of rotatable bonds is 1. The summed E-state index contributed by atoms with van der Waals surface area (Å²) < 4.78 is 18.6. The molecular weight excluding hydrogens is 221 g/mol. The lowest BCUT2D eigenvalue weighted by Gasteiger charge is -2.01. The maximum Gasteiger partial charge on any atom is 0.229 e. The van der Waals surface area contributed by atoms with Crippen LogP contribution >= 0.6 is 0 Å². The predicted molar refractivity (Wildman–Crippen MR) is 62.9 cm³/mol. The number of fused-ring (bicyclic) bond motifs is 1. The summed E-state index contributed by atoms with van der Waals surface area (Å²) in [6.07, 6.45) is 3.26. The normalized spacial score (nSPS) is 11.2. The highest BCUT2D eigenvalue weighted by atomic mass is 19.1. The molecule has 0 bridgehead atoms.